The van der Waals surface area contributed by atoms with Crippen molar-refractivity contribution >= 4 is 7.60 Å². The van der Waals surface area contributed by atoms with Crippen molar-refractivity contribution < 1.29 is 31.9 Å². The average molecular weight is 336 g/mol. The third-order valence-corrected chi connectivity index (χ3v) is 4.47. The van der Waals surface area contributed by atoms with E-state index < -0.39 is 25.2 Å². The monoisotopic (exact) mass is 336 g/mol. The first-order valence-electron chi connectivity index (χ1n) is 6.20. The van der Waals surface area contributed by atoms with Crippen LogP contribution in [0.3, 0.4) is 0 Å². The van der Waals surface area contributed by atoms with E-state index >= 15 is 0 Å². The lowest BCUT2D eigenvalue weighted by Gasteiger charge is -2.23. The predicted molar refractivity (Wildman–Crippen MR) is 76.3 cm³/mol. The number of benzene rings is 1. The molecule has 0 aliphatic heterocycles. The summed E-state index contributed by atoms with van der Waals surface area (Å²) in [5.41, 5.74) is -1.19. The second-order valence-electron chi connectivity index (χ2n) is 4.21. The molecule has 0 aromatic heterocycles. The fraction of sp³-hybridized carbons (Fsp3) is 0.286. The summed E-state index contributed by atoms with van der Waals surface area (Å²) in [5.74, 6) is -1.85. The summed E-state index contributed by atoms with van der Waals surface area (Å²) in [5, 5.41) is 10.1. The fourth-order valence-corrected chi connectivity index (χ4v) is 3.06. The number of hydrogen-bond acceptors (Lipinski definition) is 4. The van der Waals surface area contributed by atoms with Gasteiger partial charge in [-0.15, -0.1) is 13.2 Å². The molecule has 0 fully saturated rings. The van der Waals surface area contributed by atoms with Crippen molar-refractivity contribution in [3.8, 4) is 0 Å². The first-order chi connectivity index (χ1) is 10.2. The molecule has 22 heavy (non-hydrogen) atoms. The predicted octanol–water partition coefficient (Wildman–Crippen LogP) is 4.29. The maximum atomic E-state index is 12.7. The van der Waals surface area contributed by atoms with Gasteiger partial charge in [0, 0.05) is 0 Å². The van der Waals surface area contributed by atoms with Crippen LogP contribution in [0.15, 0.2) is 49.6 Å². The lowest BCUT2D eigenvalue weighted by Crippen LogP contribution is -2.09. The number of halogens is 3. The molecule has 0 bridgehead atoms. The summed E-state index contributed by atoms with van der Waals surface area (Å²) in [6, 6.07) is 3.86. The summed E-state index contributed by atoms with van der Waals surface area (Å²) < 4.78 is 60.5. The number of aliphatic hydroxyl groups excluding tert-OH is 1. The topological polar surface area (TPSA) is 55.8 Å². The van der Waals surface area contributed by atoms with Crippen LogP contribution in [-0.2, 0) is 19.8 Å². The van der Waals surface area contributed by atoms with E-state index in [1.807, 2.05) is 0 Å². The van der Waals surface area contributed by atoms with Crippen LogP contribution >= 0.6 is 7.60 Å². The lowest BCUT2D eigenvalue weighted by atomic mass is 10.1. The van der Waals surface area contributed by atoms with Crippen molar-refractivity contribution in [3.05, 3.63) is 60.7 Å². The van der Waals surface area contributed by atoms with Gasteiger partial charge in [-0.3, -0.25) is 4.57 Å². The molecule has 1 N–H and O–H groups in total. The SMILES string of the molecule is C=CCOP(=O)(OCC=C)[C@H](O)c1cccc(C(F)(F)F)c1. The van der Waals surface area contributed by atoms with Crippen LogP contribution in [-0.4, -0.2) is 18.3 Å². The summed E-state index contributed by atoms with van der Waals surface area (Å²) in [7, 11) is -4.09. The Kier molecular flexibility index (Phi) is 6.56. The molecule has 0 heterocycles. The molecule has 1 rings (SSSR count). The zero-order chi connectivity index (χ0) is 16.8. The Morgan fingerprint density at radius 3 is 2.23 bits per heavy atom. The van der Waals surface area contributed by atoms with Crippen molar-refractivity contribution in [3.63, 3.8) is 0 Å². The zero-order valence-electron chi connectivity index (χ0n) is 11.6. The molecule has 122 valence electrons. The molecule has 0 amide bonds. The maximum Gasteiger partial charge on any atom is 0.416 e. The molecular weight excluding hydrogens is 320 g/mol. The summed E-state index contributed by atoms with van der Waals surface area (Å²) in [4.78, 5) is 0. The van der Waals surface area contributed by atoms with E-state index in [2.05, 4.69) is 13.2 Å². The average Bonchev–Trinajstić information content (AvgIpc) is 2.49. The van der Waals surface area contributed by atoms with E-state index in [0.29, 0.717) is 6.07 Å². The minimum Gasteiger partial charge on any atom is -0.376 e. The molecule has 0 saturated carbocycles. The molecule has 4 nitrogen and oxygen atoms in total. The van der Waals surface area contributed by atoms with Gasteiger partial charge >= 0.3 is 13.8 Å². The standard InChI is InChI=1S/C14H16F3O4P/c1-3-8-20-22(19,21-9-4-2)13(18)11-6-5-7-12(10-11)14(15,16)17/h3-7,10,13,18H,1-2,8-9H2/t13-/m0/s1. The highest BCUT2D eigenvalue weighted by Gasteiger charge is 2.37. The Morgan fingerprint density at radius 1 is 1.23 bits per heavy atom. The highest BCUT2D eigenvalue weighted by Crippen LogP contribution is 2.59. The van der Waals surface area contributed by atoms with Gasteiger partial charge in [0.1, 0.15) is 0 Å². The molecule has 1 atom stereocenters. The van der Waals surface area contributed by atoms with Gasteiger partial charge in [0.15, 0.2) is 5.85 Å². The third kappa shape index (κ3) is 4.81. The second-order valence-corrected chi connectivity index (χ2v) is 6.29. The normalized spacial score (nSPS) is 13.6. The van der Waals surface area contributed by atoms with E-state index in [4.69, 9.17) is 9.05 Å². The molecule has 1 aromatic rings. The summed E-state index contributed by atoms with van der Waals surface area (Å²) in [6.07, 6.45) is -2.02. The lowest BCUT2D eigenvalue weighted by molar-refractivity contribution is -0.137. The number of aliphatic hydroxyl groups is 1. The molecule has 0 aliphatic carbocycles. The largest absolute Gasteiger partial charge is 0.416 e. The quantitative estimate of drug-likeness (QED) is 0.568. The number of alkyl halides is 3. The number of hydrogen-bond donors (Lipinski definition) is 1. The van der Waals surface area contributed by atoms with E-state index in [9.17, 15) is 22.8 Å². The van der Waals surface area contributed by atoms with Gasteiger partial charge in [0.25, 0.3) is 0 Å². The van der Waals surface area contributed by atoms with E-state index in [1.54, 1.807) is 0 Å². The first kappa shape index (κ1) is 18.6. The minimum absolute atomic E-state index is 0.190. The van der Waals surface area contributed by atoms with E-state index in [1.165, 1.54) is 18.2 Å². The van der Waals surface area contributed by atoms with Crippen LogP contribution in [0.1, 0.15) is 17.0 Å². The Morgan fingerprint density at radius 2 is 1.77 bits per heavy atom. The summed E-state index contributed by atoms with van der Waals surface area (Å²) >= 11 is 0. The van der Waals surface area contributed by atoms with Gasteiger partial charge in [-0.05, 0) is 17.7 Å². The Balaban J connectivity index is 3.12. The highest BCUT2D eigenvalue weighted by atomic mass is 31.2. The van der Waals surface area contributed by atoms with Crippen LogP contribution in [0.5, 0.6) is 0 Å². The maximum absolute atomic E-state index is 12.7. The zero-order valence-corrected chi connectivity index (χ0v) is 12.5. The molecule has 0 spiro atoms. The molecule has 1 aromatic carbocycles. The first-order valence-corrected chi connectivity index (χ1v) is 7.81. The Labute approximate surface area is 126 Å². The van der Waals surface area contributed by atoms with Crippen molar-refractivity contribution in [1.29, 1.82) is 0 Å². The van der Waals surface area contributed by atoms with Gasteiger partial charge in [0.2, 0.25) is 0 Å². The molecule has 0 radical (unpaired) electrons. The highest BCUT2D eigenvalue weighted by molar-refractivity contribution is 7.54. The Bertz CT molecular complexity index is 555. The number of rotatable bonds is 8. The van der Waals surface area contributed by atoms with Gasteiger partial charge in [-0.2, -0.15) is 13.2 Å². The van der Waals surface area contributed by atoms with Crippen LogP contribution < -0.4 is 0 Å². The van der Waals surface area contributed by atoms with Crippen LogP contribution in [0.25, 0.3) is 0 Å². The van der Waals surface area contributed by atoms with Gasteiger partial charge in [-0.25, -0.2) is 0 Å². The van der Waals surface area contributed by atoms with Crippen molar-refractivity contribution in [2.24, 2.45) is 0 Å². The fourth-order valence-electron chi connectivity index (χ4n) is 1.55. The van der Waals surface area contributed by atoms with Crippen LogP contribution in [0.2, 0.25) is 0 Å². The summed E-state index contributed by atoms with van der Waals surface area (Å²) in [6.45, 7) is 6.36. The molecule has 8 heteroatoms. The molecule has 0 saturated heterocycles. The van der Waals surface area contributed by atoms with Crippen LogP contribution in [0.4, 0.5) is 13.2 Å². The van der Waals surface area contributed by atoms with Crippen molar-refractivity contribution in [1.82, 2.24) is 0 Å². The van der Waals surface area contributed by atoms with Crippen molar-refractivity contribution in [2.45, 2.75) is 12.0 Å². The molecular formula is C14H16F3O4P. The van der Waals surface area contributed by atoms with Gasteiger partial charge < -0.3 is 14.2 Å². The second kappa shape index (κ2) is 7.74. The van der Waals surface area contributed by atoms with Crippen LogP contribution in [0, 0.1) is 0 Å². The molecule has 0 unspecified atom stereocenters. The molecule has 0 aliphatic rings. The minimum atomic E-state index is -4.58. The van der Waals surface area contributed by atoms with E-state index in [-0.39, 0.29) is 18.8 Å². The Hall–Kier alpha value is -1.40. The van der Waals surface area contributed by atoms with E-state index in [0.717, 1.165) is 12.1 Å². The van der Waals surface area contributed by atoms with Gasteiger partial charge in [0.05, 0.1) is 18.8 Å². The van der Waals surface area contributed by atoms with Crippen molar-refractivity contribution in [2.75, 3.05) is 13.2 Å². The third-order valence-electron chi connectivity index (χ3n) is 2.56. The van der Waals surface area contributed by atoms with Gasteiger partial charge in [-0.1, -0.05) is 24.3 Å². The smallest absolute Gasteiger partial charge is 0.376 e.